The molecule has 0 radical (unpaired) electrons. The van der Waals surface area contributed by atoms with Gasteiger partial charge in [0, 0.05) is 11.8 Å². The molecule has 2 rings (SSSR count). The van der Waals surface area contributed by atoms with Crippen LogP contribution < -0.4 is 0 Å². The van der Waals surface area contributed by atoms with Crippen molar-refractivity contribution in [2.45, 2.75) is 19.2 Å². The van der Waals surface area contributed by atoms with E-state index in [0.717, 1.165) is 4.52 Å². The fraction of sp³-hybridized carbons (Fsp3) is 0.333. The van der Waals surface area contributed by atoms with Gasteiger partial charge in [-0.25, -0.2) is 9.50 Å². The van der Waals surface area contributed by atoms with Crippen LogP contribution in [0.4, 0.5) is 8.78 Å². The third-order valence-electron chi connectivity index (χ3n) is 1.97. The van der Waals surface area contributed by atoms with Gasteiger partial charge < -0.3 is 0 Å². The highest BCUT2D eigenvalue weighted by molar-refractivity contribution is 6.21. The van der Waals surface area contributed by atoms with Gasteiger partial charge in [0.1, 0.15) is 5.69 Å². The molecule has 6 heteroatoms. The number of hydrogen-bond acceptors (Lipinski definition) is 2. The molecular weight excluding hydrogens is 224 g/mol. The molecule has 3 nitrogen and oxygen atoms in total. The maximum Gasteiger partial charge on any atom is 0.364 e. The molecule has 2 heterocycles. The molecule has 15 heavy (non-hydrogen) atoms. The van der Waals surface area contributed by atoms with Gasteiger partial charge in [-0.3, -0.25) is 0 Å². The smallest absolute Gasteiger partial charge is 0.234 e. The van der Waals surface area contributed by atoms with Crippen LogP contribution in [0.2, 0.25) is 0 Å². The first-order valence-corrected chi connectivity index (χ1v) is 4.67. The van der Waals surface area contributed by atoms with Crippen molar-refractivity contribution in [2.75, 3.05) is 0 Å². The van der Waals surface area contributed by atoms with E-state index in [2.05, 4.69) is 10.1 Å². The summed E-state index contributed by atoms with van der Waals surface area (Å²) in [5.74, 6) is 0. The van der Waals surface area contributed by atoms with Crippen molar-refractivity contribution in [3.8, 4) is 0 Å². The Kier molecular flexibility index (Phi) is 2.15. The van der Waals surface area contributed by atoms with Crippen LogP contribution in [0.5, 0.6) is 0 Å². The highest BCUT2D eigenvalue weighted by atomic mass is 35.5. The average Bonchev–Trinajstić information content (AvgIpc) is 2.41. The number of aryl methyl sites for hydroxylation is 2. The zero-order chi connectivity index (χ0) is 11.2. The second-order valence-corrected chi connectivity index (χ2v) is 3.81. The van der Waals surface area contributed by atoms with Crippen molar-refractivity contribution in [1.82, 2.24) is 14.6 Å². The van der Waals surface area contributed by atoms with E-state index in [0.29, 0.717) is 17.0 Å². The fourth-order valence-electron chi connectivity index (χ4n) is 1.42. The lowest BCUT2D eigenvalue weighted by Gasteiger charge is -2.10. The average molecular weight is 232 g/mol. The molecule has 0 aliphatic heterocycles. The monoisotopic (exact) mass is 231 g/mol. The van der Waals surface area contributed by atoms with Crippen molar-refractivity contribution < 1.29 is 8.78 Å². The quantitative estimate of drug-likeness (QED) is 0.707. The summed E-state index contributed by atoms with van der Waals surface area (Å²) in [5.41, 5.74) is 1.12. The molecule has 80 valence electrons. The molecule has 2 aromatic heterocycles. The van der Waals surface area contributed by atoms with Crippen molar-refractivity contribution in [2.24, 2.45) is 0 Å². The first-order valence-electron chi connectivity index (χ1n) is 4.29. The van der Waals surface area contributed by atoms with E-state index in [-0.39, 0.29) is 5.69 Å². The predicted octanol–water partition coefficient (Wildman–Crippen LogP) is 2.63. The van der Waals surface area contributed by atoms with E-state index < -0.39 is 5.38 Å². The molecule has 0 fully saturated rings. The number of alkyl halides is 3. The lowest BCUT2D eigenvalue weighted by molar-refractivity contribution is 0.0871. The minimum absolute atomic E-state index is 0.361. The van der Waals surface area contributed by atoms with Gasteiger partial charge in [0.25, 0.3) is 0 Å². The van der Waals surface area contributed by atoms with Gasteiger partial charge in [0.05, 0.1) is 5.69 Å². The Morgan fingerprint density at radius 3 is 2.53 bits per heavy atom. The third kappa shape index (κ3) is 1.79. The minimum Gasteiger partial charge on any atom is -0.234 e. The summed E-state index contributed by atoms with van der Waals surface area (Å²) in [6.07, 6.45) is 0. The zero-order valence-corrected chi connectivity index (χ0v) is 8.89. The fourth-order valence-corrected chi connectivity index (χ4v) is 1.55. The van der Waals surface area contributed by atoms with Crippen LogP contribution in [0.1, 0.15) is 17.1 Å². The summed E-state index contributed by atoms with van der Waals surface area (Å²) in [5, 5.41) is 0.470. The number of hydrogen-bond donors (Lipinski definition) is 0. The van der Waals surface area contributed by atoms with Crippen molar-refractivity contribution in [1.29, 1.82) is 0 Å². The van der Waals surface area contributed by atoms with Crippen LogP contribution in [0.15, 0.2) is 12.1 Å². The molecule has 0 aliphatic rings. The third-order valence-corrected chi connectivity index (χ3v) is 2.16. The Balaban J connectivity index is 2.82. The number of aromatic nitrogens is 3. The van der Waals surface area contributed by atoms with Crippen LogP contribution in [0.25, 0.3) is 5.65 Å². The molecule has 0 aromatic carbocycles. The number of fused-ring (bicyclic) bond motifs is 1. The normalized spacial score (nSPS) is 12.3. The van der Waals surface area contributed by atoms with E-state index in [4.69, 9.17) is 11.6 Å². The molecule has 0 saturated carbocycles. The van der Waals surface area contributed by atoms with Crippen LogP contribution in [0.3, 0.4) is 0 Å². The van der Waals surface area contributed by atoms with Gasteiger partial charge >= 0.3 is 5.38 Å². The molecule has 2 aromatic rings. The standard InChI is InChI=1S/C9H8ClF2N3/c1-5-3-7(9(10,11)12)15-8(13-5)4-6(2)14-15/h3-4H,1-2H3. The lowest BCUT2D eigenvalue weighted by atomic mass is 10.3. The Hall–Kier alpha value is -1.23. The van der Waals surface area contributed by atoms with Crippen LogP contribution in [-0.4, -0.2) is 14.6 Å². The van der Waals surface area contributed by atoms with Crippen LogP contribution >= 0.6 is 11.6 Å². The Morgan fingerprint density at radius 2 is 1.93 bits per heavy atom. The molecular formula is C9H8ClF2N3. The van der Waals surface area contributed by atoms with Crippen LogP contribution in [0, 0.1) is 13.8 Å². The topological polar surface area (TPSA) is 30.2 Å². The maximum atomic E-state index is 13.1. The molecule has 0 aliphatic carbocycles. The number of halogens is 3. The first-order chi connectivity index (χ1) is 6.88. The van der Waals surface area contributed by atoms with E-state index in [1.165, 1.54) is 6.07 Å². The number of rotatable bonds is 1. The SMILES string of the molecule is Cc1cc(C(F)(F)Cl)n2nc(C)cc2n1. The van der Waals surface area contributed by atoms with E-state index in [1.54, 1.807) is 19.9 Å². The van der Waals surface area contributed by atoms with E-state index in [1.807, 2.05) is 0 Å². The zero-order valence-electron chi connectivity index (χ0n) is 8.13. The van der Waals surface area contributed by atoms with Gasteiger partial charge in [-0.05, 0) is 31.5 Å². The van der Waals surface area contributed by atoms with Crippen molar-refractivity contribution in [3.05, 3.63) is 29.2 Å². The van der Waals surface area contributed by atoms with Gasteiger partial charge in [-0.1, -0.05) is 0 Å². The molecule has 0 bridgehead atoms. The van der Waals surface area contributed by atoms with E-state index >= 15 is 0 Å². The minimum atomic E-state index is -3.44. The molecule has 0 unspecified atom stereocenters. The van der Waals surface area contributed by atoms with Crippen molar-refractivity contribution in [3.63, 3.8) is 0 Å². The van der Waals surface area contributed by atoms with Crippen molar-refractivity contribution >= 4 is 17.2 Å². The first kappa shape index (κ1) is 10.3. The summed E-state index contributed by atoms with van der Waals surface area (Å²) < 4.78 is 27.2. The molecule has 0 atom stereocenters. The molecule has 0 saturated heterocycles. The van der Waals surface area contributed by atoms with E-state index in [9.17, 15) is 8.78 Å². The lowest BCUT2D eigenvalue weighted by Crippen LogP contribution is -2.12. The molecule has 0 N–H and O–H groups in total. The maximum absolute atomic E-state index is 13.1. The molecule has 0 spiro atoms. The highest BCUT2D eigenvalue weighted by Gasteiger charge is 2.32. The van der Waals surface area contributed by atoms with Gasteiger partial charge in [-0.15, -0.1) is 0 Å². The Morgan fingerprint density at radius 1 is 1.27 bits per heavy atom. The summed E-state index contributed by atoms with van der Waals surface area (Å²) >= 11 is 5.00. The van der Waals surface area contributed by atoms with Gasteiger partial charge in [-0.2, -0.15) is 13.9 Å². The molecule has 0 amide bonds. The Bertz CT molecular complexity index is 516. The second-order valence-electron chi connectivity index (χ2n) is 3.34. The van der Waals surface area contributed by atoms with Gasteiger partial charge in [0.15, 0.2) is 5.65 Å². The van der Waals surface area contributed by atoms with Gasteiger partial charge in [0.2, 0.25) is 0 Å². The van der Waals surface area contributed by atoms with Crippen LogP contribution in [-0.2, 0) is 5.38 Å². The largest absolute Gasteiger partial charge is 0.364 e. The summed E-state index contributed by atoms with van der Waals surface area (Å²) in [7, 11) is 0. The number of nitrogens with zero attached hydrogens (tertiary/aromatic N) is 3. The summed E-state index contributed by atoms with van der Waals surface area (Å²) in [6.45, 7) is 3.34. The summed E-state index contributed by atoms with van der Waals surface area (Å²) in [6, 6.07) is 2.85. The highest BCUT2D eigenvalue weighted by Crippen LogP contribution is 2.32. The predicted molar refractivity (Wildman–Crippen MR) is 52.2 cm³/mol. The summed E-state index contributed by atoms with van der Waals surface area (Å²) in [4.78, 5) is 4.08. The second kappa shape index (κ2) is 3.13. The Labute approximate surface area is 89.7 Å².